The highest BCUT2D eigenvalue weighted by Crippen LogP contribution is 2.34. The summed E-state index contributed by atoms with van der Waals surface area (Å²) in [4.78, 5) is 28.6. The van der Waals surface area contributed by atoms with Crippen LogP contribution in [0.25, 0.3) is 72.3 Å². The molecule has 0 aliphatic carbocycles. The zero-order valence-corrected chi connectivity index (χ0v) is 22.7. The maximum Gasteiger partial charge on any atom is 0.197 e. The summed E-state index contributed by atoms with van der Waals surface area (Å²) in [5, 5.41) is 3.22. The second kappa shape index (κ2) is 9.38. The summed E-state index contributed by atoms with van der Waals surface area (Å²) in [6.45, 7) is 2.02. The minimum absolute atomic E-state index is 0.0673. The Balaban J connectivity index is 1.42. The first-order chi connectivity index (χ1) is 20.6. The Morgan fingerprint density at radius 2 is 1.17 bits per heavy atom. The molecule has 0 unspecified atom stereocenters. The van der Waals surface area contributed by atoms with E-state index in [4.69, 9.17) is 22.8 Å². The molecule has 0 aliphatic heterocycles. The Morgan fingerprint density at radius 1 is 0.595 bits per heavy atom. The van der Waals surface area contributed by atoms with Crippen molar-refractivity contribution in [3.05, 3.63) is 119 Å². The lowest BCUT2D eigenvalue weighted by molar-refractivity contribution is 1.07. The zero-order chi connectivity index (χ0) is 28.4. The second-order valence-corrected chi connectivity index (χ2v) is 10.5. The van der Waals surface area contributed by atoms with E-state index in [0.717, 1.165) is 49.5 Å². The minimum atomic E-state index is -0.0673. The van der Waals surface area contributed by atoms with Crippen molar-refractivity contribution in [3.63, 3.8) is 0 Å². The number of benzene rings is 5. The first-order valence-corrected chi connectivity index (χ1v) is 13.8. The number of aromatic nitrogens is 4. The predicted molar refractivity (Wildman–Crippen MR) is 174 cm³/mol. The van der Waals surface area contributed by atoms with Crippen molar-refractivity contribution in [1.29, 1.82) is 0 Å². The van der Waals surface area contributed by atoms with E-state index in [1.54, 1.807) is 6.07 Å². The van der Waals surface area contributed by atoms with Crippen LogP contribution >= 0.6 is 0 Å². The van der Waals surface area contributed by atoms with Crippen molar-refractivity contribution in [3.8, 4) is 34.2 Å². The molecule has 3 aromatic heterocycles. The molecule has 0 saturated carbocycles. The molecule has 8 rings (SSSR count). The molecule has 0 saturated heterocycles. The van der Waals surface area contributed by atoms with Crippen molar-refractivity contribution < 1.29 is 0 Å². The van der Waals surface area contributed by atoms with Crippen LogP contribution in [-0.2, 0) is 0 Å². The van der Waals surface area contributed by atoms with E-state index in [-0.39, 0.29) is 5.43 Å². The molecule has 0 spiro atoms. The quantitative estimate of drug-likeness (QED) is 0.219. The maximum atomic E-state index is 14.1. The molecule has 5 aromatic carbocycles. The van der Waals surface area contributed by atoms with Crippen LogP contribution in [0, 0.1) is 0 Å². The van der Waals surface area contributed by atoms with Gasteiger partial charge in [0.15, 0.2) is 22.9 Å². The van der Waals surface area contributed by atoms with Crippen molar-refractivity contribution >= 4 is 64.1 Å². The Morgan fingerprint density at radius 3 is 1.81 bits per heavy atom. The summed E-state index contributed by atoms with van der Waals surface area (Å²) >= 11 is 0. The standard InChI is InChI=1S/C35H21B2N4O/c1-37-24-13-15-29-25(19-24)26-17-23(36)18-28-31(26)41(29)30-14-12-22(16-27(30)32(28)42)35-39-33(20-8-4-2-5-9-20)38-34(40-35)21-10-6-3-7-11-21/h2-19H,1H3. The Labute approximate surface area is 243 Å². The van der Waals surface area contributed by atoms with Gasteiger partial charge in [0.2, 0.25) is 0 Å². The van der Waals surface area contributed by atoms with Crippen LogP contribution in [0.15, 0.2) is 114 Å². The first-order valence-electron chi connectivity index (χ1n) is 13.8. The Hall–Kier alpha value is -5.29. The van der Waals surface area contributed by atoms with Crippen LogP contribution in [0.2, 0.25) is 6.82 Å². The highest BCUT2D eigenvalue weighted by atomic mass is 16.1. The molecule has 0 aliphatic rings. The molecular formula is C35H21B2N4O. The molecule has 42 heavy (non-hydrogen) atoms. The van der Waals surface area contributed by atoms with Gasteiger partial charge in [0, 0.05) is 38.2 Å². The van der Waals surface area contributed by atoms with E-state index in [0.29, 0.717) is 33.7 Å². The molecule has 0 bridgehead atoms. The van der Waals surface area contributed by atoms with Gasteiger partial charge in [-0.1, -0.05) is 103 Å². The topological polar surface area (TPSA) is 60.2 Å². The molecule has 5 nitrogen and oxygen atoms in total. The highest BCUT2D eigenvalue weighted by Gasteiger charge is 2.19. The molecule has 3 heterocycles. The highest BCUT2D eigenvalue weighted by molar-refractivity contribution is 6.52. The Bertz CT molecular complexity index is 2310. The summed E-state index contributed by atoms with van der Waals surface area (Å²) in [6.07, 6.45) is 0. The van der Waals surface area contributed by atoms with E-state index < -0.39 is 0 Å². The molecule has 0 fully saturated rings. The monoisotopic (exact) mass is 535 g/mol. The lowest BCUT2D eigenvalue weighted by Gasteiger charge is -2.11. The SMILES string of the molecule is [B]c1cc2c(=O)c3cc(-c4nc(-c5ccccc5)nc(-c5ccccc5)n4)ccc3n3c4ccc([B]C)cc4c(c1)c23. The molecule has 193 valence electrons. The lowest BCUT2D eigenvalue weighted by atomic mass is 9.73. The van der Waals surface area contributed by atoms with Gasteiger partial charge in [-0.2, -0.15) is 0 Å². The lowest BCUT2D eigenvalue weighted by Crippen LogP contribution is -2.11. The third-order valence-electron chi connectivity index (χ3n) is 7.93. The summed E-state index contributed by atoms with van der Waals surface area (Å²) in [5.74, 6) is 1.65. The number of nitrogens with zero attached hydrogens (tertiary/aromatic N) is 4. The number of fused-ring (bicyclic) bond motifs is 5. The molecule has 8 aromatic rings. The van der Waals surface area contributed by atoms with Gasteiger partial charge in [-0.05, 0) is 24.3 Å². The van der Waals surface area contributed by atoms with E-state index >= 15 is 0 Å². The summed E-state index contributed by atoms with van der Waals surface area (Å²) in [6, 6.07) is 35.7. The fourth-order valence-corrected chi connectivity index (χ4v) is 5.93. The fraction of sp³-hybridized carbons (Fsp3) is 0.0286. The fourth-order valence-electron chi connectivity index (χ4n) is 5.93. The van der Waals surface area contributed by atoms with Gasteiger partial charge in [0.25, 0.3) is 0 Å². The van der Waals surface area contributed by atoms with E-state index in [1.807, 2.05) is 91.8 Å². The van der Waals surface area contributed by atoms with Crippen LogP contribution in [0.5, 0.6) is 0 Å². The molecule has 0 N–H and O–H groups in total. The maximum absolute atomic E-state index is 14.1. The third-order valence-corrected chi connectivity index (χ3v) is 7.93. The number of hydrogen-bond acceptors (Lipinski definition) is 4. The van der Waals surface area contributed by atoms with Gasteiger partial charge in [-0.25, -0.2) is 15.0 Å². The molecule has 0 amide bonds. The van der Waals surface area contributed by atoms with Crippen molar-refractivity contribution in [1.82, 2.24) is 19.4 Å². The smallest absolute Gasteiger partial charge is 0.197 e. The van der Waals surface area contributed by atoms with Crippen LogP contribution in [0.3, 0.4) is 0 Å². The van der Waals surface area contributed by atoms with Gasteiger partial charge < -0.3 is 4.40 Å². The van der Waals surface area contributed by atoms with Crippen molar-refractivity contribution in [2.45, 2.75) is 6.82 Å². The zero-order valence-electron chi connectivity index (χ0n) is 22.7. The molecular weight excluding hydrogens is 514 g/mol. The van der Waals surface area contributed by atoms with Crippen molar-refractivity contribution in [2.75, 3.05) is 0 Å². The number of hydrogen-bond donors (Lipinski definition) is 0. The van der Waals surface area contributed by atoms with Crippen LogP contribution < -0.4 is 16.4 Å². The molecule has 7 heteroatoms. The molecule has 0 atom stereocenters. The van der Waals surface area contributed by atoms with Crippen LogP contribution in [0.1, 0.15) is 0 Å². The van der Waals surface area contributed by atoms with E-state index in [2.05, 4.69) is 29.9 Å². The third kappa shape index (κ3) is 3.74. The normalized spacial score (nSPS) is 11.6. The van der Waals surface area contributed by atoms with E-state index in [9.17, 15) is 4.79 Å². The van der Waals surface area contributed by atoms with Gasteiger partial charge in [-0.3, -0.25) is 4.79 Å². The average Bonchev–Trinajstić information content (AvgIpc) is 3.37. The first kappa shape index (κ1) is 24.5. The minimum Gasteiger partial charge on any atom is -0.308 e. The van der Waals surface area contributed by atoms with Crippen LogP contribution in [-0.4, -0.2) is 34.5 Å². The van der Waals surface area contributed by atoms with E-state index in [1.165, 1.54) is 0 Å². The number of rotatable bonds is 4. The summed E-state index contributed by atoms with van der Waals surface area (Å²) in [5.41, 5.74) is 6.87. The van der Waals surface area contributed by atoms with Gasteiger partial charge in [-0.15, -0.1) is 0 Å². The summed E-state index contributed by atoms with van der Waals surface area (Å²) < 4.78 is 2.18. The van der Waals surface area contributed by atoms with Gasteiger partial charge in [0.05, 0.1) is 16.6 Å². The average molecular weight is 535 g/mol. The Kier molecular flexibility index (Phi) is 5.47. The van der Waals surface area contributed by atoms with Crippen LogP contribution in [0.4, 0.5) is 0 Å². The second-order valence-electron chi connectivity index (χ2n) is 10.5. The predicted octanol–water partition coefficient (Wildman–Crippen LogP) is 5.55. The van der Waals surface area contributed by atoms with Crippen molar-refractivity contribution in [2.24, 2.45) is 0 Å². The molecule has 3 radical (unpaired) electrons. The van der Waals surface area contributed by atoms with Gasteiger partial charge in [0.1, 0.15) is 15.1 Å². The number of pyridine rings is 1. The van der Waals surface area contributed by atoms with Gasteiger partial charge >= 0.3 is 0 Å². The summed E-state index contributed by atoms with van der Waals surface area (Å²) in [7, 11) is 8.42. The largest absolute Gasteiger partial charge is 0.308 e.